The molecule has 2 unspecified atom stereocenters. The smallest absolute Gasteiger partial charge is 0.257 e. The number of aromatic nitrogens is 2. The van der Waals surface area contributed by atoms with E-state index in [1.165, 1.54) is 11.3 Å². The number of fused-ring (bicyclic) bond motifs is 1. The van der Waals surface area contributed by atoms with Crippen molar-refractivity contribution >= 4 is 17.0 Å². The second-order valence-corrected chi connectivity index (χ2v) is 6.66. The molecule has 0 fully saturated rings. The molecule has 1 aromatic carbocycles. The van der Waals surface area contributed by atoms with E-state index >= 15 is 0 Å². The molecule has 22 heavy (non-hydrogen) atoms. The molecule has 4 nitrogen and oxygen atoms in total. The van der Waals surface area contributed by atoms with Crippen LogP contribution in [0.2, 0.25) is 0 Å². The standard InChI is InChI=1S/C17H17N3OS/c1-11-10-20(14-7-4-3-6-13(11)14)12(2)16-18-19-17(21-16)15-8-5-9-22-15/h3-9,11-12H,10H2,1-2H3. The Bertz CT molecular complexity index is 781. The predicted molar refractivity (Wildman–Crippen MR) is 88.2 cm³/mol. The summed E-state index contributed by atoms with van der Waals surface area (Å²) in [5.74, 6) is 1.81. The number of hydrogen-bond donors (Lipinski definition) is 0. The van der Waals surface area contributed by atoms with Gasteiger partial charge in [-0.25, -0.2) is 0 Å². The zero-order chi connectivity index (χ0) is 15.1. The number of anilines is 1. The third-order valence-electron chi connectivity index (χ3n) is 4.25. The number of thiophene rings is 1. The molecule has 0 spiro atoms. The van der Waals surface area contributed by atoms with Crippen molar-refractivity contribution in [1.29, 1.82) is 0 Å². The molecule has 112 valence electrons. The fourth-order valence-electron chi connectivity index (χ4n) is 3.06. The lowest BCUT2D eigenvalue weighted by molar-refractivity contribution is 0.457. The van der Waals surface area contributed by atoms with E-state index in [1.807, 2.05) is 17.5 Å². The average Bonchev–Trinajstić information content (AvgIpc) is 3.26. The number of para-hydroxylation sites is 1. The number of hydrogen-bond acceptors (Lipinski definition) is 5. The molecule has 1 aliphatic rings. The second-order valence-electron chi connectivity index (χ2n) is 5.71. The van der Waals surface area contributed by atoms with Crippen LogP contribution in [0.25, 0.3) is 10.8 Å². The highest BCUT2D eigenvalue weighted by Crippen LogP contribution is 2.40. The monoisotopic (exact) mass is 311 g/mol. The number of benzene rings is 1. The Hall–Kier alpha value is -2.14. The fourth-order valence-corrected chi connectivity index (χ4v) is 3.71. The summed E-state index contributed by atoms with van der Waals surface area (Å²) in [5.41, 5.74) is 2.67. The first-order chi connectivity index (χ1) is 10.7. The molecule has 3 heterocycles. The van der Waals surface area contributed by atoms with Crippen molar-refractivity contribution in [1.82, 2.24) is 10.2 Å². The zero-order valence-electron chi connectivity index (χ0n) is 12.6. The van der Waals surface area contributed by atoms with Crippen LogP contribution in [0.15, 0.2) is 46.2 Å². The Kier molecular flexibility index (Phi) is 3.22. The van der Waals surface area contributed by atoms with Crippen LogP contribution < -0.4 is 4.90 Å². The molecule has 2 atom stereocenters. The molecule has 3 aromatic rings. The average molecular weight is 311 g/mol. The lowest BCUT2D eigenvalue weighted by Gasteiger charge is -2.24. The maximum absolute atomic E-state index is 5.90. The van der Waals surface area contributed by atoms with Gasteiger partial charge in [-0.3, -0.25) is 0 Å². The van der Waals surface area contributed by atoms with Gasteiger partial charge in [0.05, 0.1) is 4.88 Å². The summed E-state index contributed by atoms with van der Waals surface area (Å²) in [7, 11) is 0. The van der Waals surface area contributed by atoms with Crippen LogP contribution >= 0.6 is 11.3 Å². The highest BCUT2D eigenvalue weighted by Gasteiger charge is 2.31. The first-order valence-electron chi connectivity index (χ1n) is 7.47. The van der Waals surface area contributed by atoms with Crippen molar-refractivity contribution in [3.05, 3.63) is 53.2 Å². The molecule has 0 saturated carbocycles. The largest absolute Gasteiger partial charge is 0.418 e. The van der Waals surface area contributed by atoms with E-state index < -0.39 is 0 Å². The first-order valence-corrected chi connectivity index (χ1v) is 8.35. The van der Waals surface area contributed by atoms with Crippen LogP contribution in [0.3, 0.4) is 0 Å². The number of nitrogens with zero attached hydrogens (tertiary/aromatic N) is 3. The Balaban J connectivity index is 1.64. The zero-order valence-corrected chi connectivity index (χ0v) is 13.4. The molecule has 0 saturated heterocycles. The Morgan fingerprint density at radius 2 is 2.09 bits per heavy atom. The van der Waals surface area contributed by atoms with Gasteiger partial charge in [-0.1, -0.05) is 31.2 Å². The lowest BCUT2D eigenvalue weighted by Crippen LogP contribution is -2.25. The van der Waals surface area contributed by atoms with Crippen molar-refractivity contribution in [2.24, 2.45) is 0 Å². The Morgan fingerprint density at radius 1 is 1.23 bits per heavy atom. The van der Waals surface area contributed by atoms with E-state index in [0.717, 1.165) is 11.4 Å². The van der Waals surface area contributed by atoms with E-state index in [1.54, 1.807) is 11.3 Å². The van der Waals surface area contributed by atoms with Crippen LogP contribution in [0, 0.1) is 0 Å². The maximum atomic E-state index is 5.90. The van der Waals surface area contributed by atoms with Gasteiger partial charge in [-0.2, -0.15) is 0 Å². The minimum atomic E-state index is 0.0762. The van der Waals surface area contributed by atoms with Crippen molar-refractivity contribution in [3.63, 3.8) is 0 Å². The predicted octanol–water partition coefficient (Wildman–Crippen LogP) is 4.48. The van der Waals surface area contributed by atoms with Crippen LogP contribution in [0.4, 0.5) is 5.69 Å². The Morgan fingerprint density at radius 3 is 2.91 bits per heavy atom. The summed E-state index contributed by atoms with van der Waals surface area (Å²) in [4.78, 5) is 3.37. The van der Waals surface area contributed by atoms with Gasteiger partial charge in [0.15, 0.2) is 0 Å². The lowest BCUT2D eigenvalue weighted by atomic mass is 10.0. The van der Waals surface area contributed by atoms with E-state index in [4.69, 9.17) is 4.42 Å². The molecule has 4 rings (SSSR count). The minimum Gasteiger partial charge on any atom is -0.418 e. The Labute approximate surface area is 133 Å². The minimum absolute atomic E-state index is 0.0762. The van der Waals surface area contributed by atoms with Gasteiger partial charge in [0, 0.05) is 18.2 Å². The highest BCUT2D eigenvalue weighted by atomic mass is 32.1. The number of rotatable bonds is 3. The van der Waals surface area contributed by atoms with Gasteiger partial charge >= 0.3 is 0 Å². The highest BCUT2D eigenvalue weighted by molar-refractivity contribution is 7.13. The molecule has 2 aromatic heterocycles. The van der Waals surface area contributed by atoms with Crippen molar-refractivity contribution in [3.8, 4) is 10.8 Å². The molecule has 0 aliphatic carbocycles. The van der Waals surface area contributed by atoms with Gasteiger partial charge in [0.2, 0.25) is 5.89 Å². The van der Waals surface area contributed by atoms with E-state index in [2.05, 4.69) is 53.2 Å². The summed E-state index contributed by atoms with van der Waals surface area (Å²) in [6, 6.07) is 12.6. The molecule has 0 N–H and O–H groups in total. The van der Waals surface area contributed by atoms with E-state index in [9.17, 15) is 0 Å². The van der Waals surface area contributed by atoms with Crippen molar-refractivity contribution in [2.75, 3.05) is 11.4 Å². The molecule has 1 aliphatic heterocycles. The first kappa shape index (κ1) is 13.5. The molecular formula is C17H17N3OS. The van der Waals surface area contributed by atoms with Crippen LogP contribution in [0.1, 0.15) is 37.3 Å². The molecule has 0 radical (unpaired) electrons. The van der Waals surface area contributed by atoms with Gasteiger partial charge in [-0.15, -0.1) is 21.5 Å². The summed E-state index contributed by atoms with van der Waals surface area (Å²) < 4.78 is 5.90. The van der Waals surface area contributed by atoms with E-state index in [-0.39, 0.29) is 6.04 Å². The van der Waals surface area contributed by atoms with Crippen molar-refractivity contribution in [2.45, 2.75) is 25.8 Å². The van der Waals surface area contributed by atoms with Crippen molar-refractivity contribution < 1.29 is 4.42 Å². The second kappa shape index (κ2) is 5.25. The van der Waals surface area contributed by atoms with Crippen LogP contribution in [-0.4, -0.2) is 16.7 Å². The molecule has 0 bridgehead atoms. The SMILES string of the molecule is CC1CN(C(C)c2nnc(-c3cccs3)o2)c2ccccc21. The fraction of sp³-hybridized carbons (Fsp3) is 0.294. The van der Waals surface area contributed by atoms with Gasteiger partial charge in [-0.05, 0) is 30.0 Å². The third kappa shape index (κ3) is 2.13. The van der Waals surface area contributed by atoms with Gasteiger partial charge < -0.3 is 9.32 Å². The summed E-state index contributed by atoms with van der Waals surface area (Å²) in [6.07, 6.45) is 0. The summed E-state index contributed by atoms with van der Waals surface area (Å²) in [5, 5.41) is 10.5. The topological polar surface area (TPSA) is 42.2 Å². The quantitative estimate of drug-likeness (QED) is 0.715. The van der Waals surface area contributed by atoms with Gasteiger partial charge in [0.25, 0.3) is 5.89 Å². The van der Waals surface area contributed by atoms with Crippen LogP contribution in [-0.2, 0) is 0 Å². The molecule has 0 amide bonds. The molecule has 5 heteroatoms. The summed E-state index contributed by atoms with van der Waals surface area (Å²) >= 11 is 1.61. The third-order valence-corrected chi connectivity index (χ3v) is 5.10. The van der Waals surface area contributed by atoms with Crippen LogP contribution in [0.5, 0.6) is 0 Å². The van der Waals surface area contributed by atoms with Gasteiger partial charge in [0.1, 0.15) is 6.04 Å². The normalized spacial score (nSPS) is 18.5. The maximum Gasteiger partial charge on any atom is 0.257 e. The molecular weight excluding hydrogens is 294 g/mol. The summed E-state index contributed by atoms with van der Waals surface area (Å²) in [6.45, 7) is 5.37. The van der Waals surface area contributed by atoms with E-state index in [0.29, 0.717) is 17.7 Å².